The Balaban J connectivity index is 2.28. The predicted molar refractivity (Wildman–Crippen MR) is 64.0 cm³/mol. The van der Waals surface area contributed by atoms with Gasteiger partial charge in [0, 0.05) is 12.1 Å². The van der Waals surface area contributed by atoms with Crippen LogP contribution in [0.2, 0.25) is 0 Å². The fraction of sp³-hybridized carbons (Fsp3) is 1.00. The van der Waals surface area contributed by atoms with Gasteiger partial charge in [-0.25, -0.2) is 0 Å². The van der Waals surface area contributed by atoms with Crippen molar-refractivity contribution in [3.63, 3.8) is 0 Å². The van der Waals surface area contributed by atoms with Crippen LogP contribution in [0.15, 0.2) is 0 Å². The maximum atomic E-state index is 9.25. The van der Waals surface area contributed by atoms with Gasteiger partial charge in [-0.1, -0.05) is 20.8 Å². The molecular weight excluding hydrogens is 188 g/mol. The molecular formula is C12H26N2O. The summed E-state index contributed by atoms with van der Waals surface area (Å²) in [5.74, 6) is 0.513. The second-order valence-corrected chi connectivity index (χ2v) is 4.91. The first kappa shape index (κ1) is 12.9. The van der Waals surface area contributed by atoms with E-state index in [4.69, 9.17) is 0 Å². The number of aliphatic hydroxyl groups is 1. The SMILES string of the molecule is CCN1CCC(NC(CO)C(C)C)CC1. The third kappa shape index (κ3) is 4.09. The average molecular weight is 214 g/mol. The lowest BCUT2D eigenvalue weighted by Gasteiger charge is -2.34. The van der Waals surface area contributed by atoms with Crippen molar-refractivity contribution in [1.82, 2.24) is 10.2 Å². The molecule has 1 unspecified atom stereocenters. The number of rotatable bonds is 5. The fourth-order valence-corrected chi connectivity index (χ4v) is 2.17. The van der Waals surface area contributed by atoms with E-state index in [9.17, 15) is 5.11 Å². The summed E-state index contributed by atoms with van der Waals surface area (Å²) in [6.45, 7) is 10.4. The number of hydrogen-bond acceptors (Lipinski definition) is 3. The highest BCUT2D eigenvalue weighted by molar-refractivity contribution is 4.81. The Kier molecular flexibility index (Phi) is 5.58. The molecule has 1 aliphatic heterocycles. The Morgan fingerprint density at radius 2 is 1.93 bits per heavy atom. The van der Waals surface area contributed by atoms with Crippen molar-refractivity contribution in [3.05, 3.63) is 0 Å². The van der Waals surface area contributed by atoms with Crippen molar-refractivity contribution in [3.8, 4) is 0 Å². The van der Waals surface area contributed by atoms with Crippen LogP contribution < -0.4 is 5.32 Å². The molecule has 0 aromatic carbocycles. The zero-order valence-electron chi connectivity index (χ0n) is 10.4. The number of nitrogens with zero attached hydrogens (tertiary/aromatic N) is 1. The highest BCUT2D eigenvalue weighted by Crippen LogP contribution is 2.12. The minimum absolute atomic E-state index is 0.256. The summed E-state index contributed by atoms with van der Waals surface area (Å²) in [6.07, 6.45) is 2.44. The molecule has 0 spiro atoms. The van der Waals surface area contributed by atoms with Gasteiger partial charge in [0.05, 0.1) is 6.61 Å². The molecule has 2 N–H and O–H groups in total. The summed E-state index contributed by atoms with van der Waals surface area (Å²) < 4.78 is 0. The van der Waals surface area contributed by atoms with Gasteiger partial charge in [0.2, 0.25) is 0 Å². The first-order chi connectivity index (χ1) is 7.17. The third-order valence-electron chi connectivity index (χ3n) is 3.49. The van der Waals surface area contributed by atoms with E-state index in [-0.39, 0.29) is 12.6 Å². The molecule has 1 fully saturated rings. The second-order valence-electron chi connectivity index (χ2n) is 4.91. The van der Waals surface area contributed by atoms with E-state index in [0.717, 1.165) is 0 Å². The molecule has 0 radical (unpaired) electrons. The lowest BCUT2D eigenvalue weighted by molar-refractivity contribution is 0.159. The minimum Gasteiger partial charge on any atom is -0.395 e. The summed E-state index contributed by atoms with van der Waals surface area (Å²) in [5, 5.41) is 12.8. The van der Waals surface area contributed by atoms with E-state index in [1.54, 1.807) is 0 Å². The van der Waals surface area contributed by atoms with Gasteiger partial charge in [-0.05, 0) is 38.4 Å². The summed E-state index contributed by atoms with van der Waals surface area (Å²) in [7, 11) is 0. The number of likely N-dealkylation sites (tertiary alicyclic amines) is 1. The van der Waals surface area contributed by atoms with Gasteiger partial charge in [-0.15, -0.1) is 0 Å². The maximum absolute atomic E-state index is 9.25. The summed E-state index contributed by atoms with van der Waals surface area (Å²) in [4.78, 5) is 2.49. The molecule has 0 bridgehead atoms. The molecule has 3 heteroatoms. The van der Waals surface area contributed by atoms with Crippen molar-refractivity contribution in [2.45, 2.75) is 45.7 Å². The first-order valence-electron chi connectivity index (χ1n) is 6.26. The Morgan fingerprint density at radius 3 is 2.33 bits per heavy atom. The highest BCUT2D eigenvalue weighted by atomic mass is 16.3. The third-order valence-corrected chi connectivity index (χ3v) is 3.49. The van der Waals surface area contributed by atoms with Gasteiger partial charge in [-0.2, -0.15) is 0 Å². The van der Waals surface area contributed by atoms with Gasteiger partial charge in [0.15, 0.2) is 0 Å². The van der Waals surface area contributed by atoms with Crippen molar-refractivity contribution >= 4 is 0 Å². The van der Waals surface area contributed by atoms with Crippen molar-refractivity contribution in [2.75, 3.05) is 26.2 Å². The number of aliphatic hydroxyl groups excluding tert-OH is 1. The van der Waals surface area contributed by atoms with Crippen LogP contribution in [0.5, 0.6) is 0 Å². The number of nitrogens with one attached hydrogen (secondary N) is 1. The van der Waals surface area contributed by atoms with Gasteiger partial charge in [-0.3, -0.25) is 0 Å². The van der Waals surface area contributed by atoms with Gasteiger partial charge in [0.25, 0.3) is 0 Å². The van der Waals surface area contributed by atoms with Crippen LogP contribution in [0, 0.1) is 5.92 Å². The van der Waals surface area contributed by atoms with Gasteiger partial charge in [0.1, 0.15) is 0 Å². The standard InChI is InChI=1S/C12H26N2O/c1-4-14-7-5-11(6-8-14)13-12(9-15)10(2)3/h10-13,15H,4-9H2,1-3H3. The molecule has 0 aromatic rings. The van der Waals surface area contributed by atoms with Crippen LogP contribution in [0.25, 0.3) is 0 Å². The smallest absolute Gasteiger partial charge is 0.0587 e. The maximum Gasteiger partial charge on any atom is 0.0587 e. The van der Waals surface area contributed by atoms with Crippen LogP contribution in [0.4, 0.5) is 0 Å². The molecule has 15 heavy (non-hydrogen) atoms. The van der Waals surface area contributed by atoms with Crippen molar-refractivity contribution in [2.24, 2.45) is 5.92 Å². The summed E-state index contributed by atoms with van der Waals surface area (Å²) >= 11 is 0. The summed E-state index contributed by atoms with van der Waals surface area (Å²) in [5.41, 5.74) is 0. The molecule has 1 rings (SSSR count). The quantitative estimate of drug-likeness (QED) is 0.719. The lowest BCUT2D eigenvalue weighted by Crippen LogP contribution is -2.48. The van der Waals surface area contributed by atoms with Crippen molar-refractivity contribution in [1.29, 1.82) is 0 Å². The lowest BCUT2D eigenvalue weighted by atomic mass is 9.99. The second kappa shape index (κ2) is 6.46. The molecule has 0 saturated carbocycles. The number of hydrogen-bond donors (Lipinski definition) is 2. The number of piperidine rings is 1. The zero-order chi connectivity index (χ0) is 11.3. The molecule has 0 aromatic heterocycles. The van der Waals surface area contributed by atoms with Gasteiger partial charge < -0.3 is 15.3 Å². The molecule has 0 aliphatic carbocycles. The molecule has 1 atom stereocenters. The monoisotopic (exact) mass is 214 g/mol. The summed E-state index contributed by atoms with van der Waals surface area (Å²) in [6, 6.07) is 0.871. The normalized spacial score (nSPS) is 22.2. The molecule has 1 saturated heterocycles. The predicted octanol–water partition coefficient (Wildman–Crippen LogP) is 1.08. The minimum atomic E-state index is 0.256. The van der Waals surface area contributed by atoms with Crippen LogP contribution in [0.3, 0.4) is 0 Å². The van der Waals surface area contributed by atoms with Crippen molar-refractivity contribution < 1.29 is 5.11 Å². The Labute approximate surface area is 93.9 Å². The molecule has 1 heterocycles. The van der Waals surface area contributed by atoms with E-state index in [2.05, 4.69) is 31.0 Å². The zero-order valence-corrected chi connectivity index (χ0v) is 10.4. The Bertz CT molecular complexity index is 165. The van der Waals surface area contributed by atoms with E-state index in [1.807, 2.05) is 0 Å². The van der Waals surface area contributed by atoms with Crippen LogP contribution in [-0.2, 0) is 0 Å². The molecule has 90 valence electrons. The topological polar surface area (TPSA) is 35.5 Å². The van der Waals surface area contributed by atoms with E-state index in [0.29, 0.717) is 12.0 Å². The average Bonchev–Trinajstić information content (AvgIpc) is 2.26. The van der Waals surface area contributed by atoms with E-state index in [1.165, 1.54) is 32.5 Å². The van der Waals surface area contributed by atoms with Crippen LogP contribution >= 0.6 is 0 Å². The Morgan fingerprint density at radius 1 is 1.33 bits per heavy atom. The van der Waals surface area contributed by atoms with Crippen LogP contribution in [-0.4, -0.2) is 48.3 Å². The highest BCUT2D eigenvalue weighted by Gasteiger charge is 2.21. The largest absolute Gasteiger partial charge is 0.395 e. The van der Waals surface area contributed by atoms with E-state index < -0.39 is 0 Å². The van der Waals surface area contributed by atoms with E-state index >= 15 is 0 Å². The first-order valence-corrected chi connectivity index (χ1v) is 6.26. The van der Waals surface area contributed by atoms with Gasteiger partial charge >= 0.3 is 0 Å². The fourth-order valence-electron chi connectivity index (χ4n) is 2.17. The van der Waals surface area contributed by atoms with Crippen LogP contribution in [0.1, 0.15) is 33.6 Å². The molecule has 3 nitrogen and oxygen atoms in total. The molecule has 0 amide bonds. The Hall–Kier alpha value is -0.120. The molecule has 1 aliphatic rings.